The lowest BCUT2D eigenvalue weighted by Crippen LogP contribution is -2.24. The largest absolute Gasteiger partial charge is 0.380 e. The van der Waals surface area contributed by atoms with Crippen molar-refractivity contribution in [3.63, 3.8) is 0 Å². The zero-order chi connectivity index (χ0) is 16.8. The molecular formula is C20H26IN3O. The number of guanidine groups is 1. The van der Waals surface area contributed by atoms with Crippen LogP contribution in [0.4, 0.5) is 5.69 Å². The zero-order valence-electron chi connectivity index (χ0n) is 14.6. The Bertz CT molecular complexity index is 731. The fourth-order valence-electron chi connectivity index (χ4n) is 3.24. The van der Waals surface area contributed by atoms with Gasteiger partial charge in [0.05, 0.1) is 13.2 Å². The summed E-state index contributed by atoms with van der Waals surface area (Å²) in [6.07, 6.45) is 4.80. The Hall–Kier alpha value is -1.60. The summed E-state index contributed by atoms with van der Waals surface area (Å²) >= 11 is 0. The third-order valence-electron chi connectivity index (χ3n) is 4.39. The molecule has 134 valence electrons. The van der Waals surface area contributed by atoms with E-state index in [1.807, 2.05) is 6.07 Å². The van der Waals surface area contributed by atoms with Crippen LogP contribution in [0, 0.1) is 0 Å². The summed E-state index contributed by atoms with van der Waals surface area (Å²) in [5, 5.41) is 3.28. The van der Waals surface area contributed by atoms with Crippen LogP contribution in [-0.4, -0.2) is 13.1 Å². The number of rotatable bonds is 5. The van der Waals surface area contributed by atoms with Gasteiger partial charge in [0.1, 0.15) is 0 Å². The molecule has 0 aromatic heterocycles. The molecule has 0 fully saturated rings. The summed E-state index contributed by atoms with van der Waals surface area (Å²) < 4.78 is 5.17. The second kappa shape index (κ2) is 9.77. The predicted octanol–water partition coefficient (Wildman–Crippen LogP) is 4.26. The maximum Gasteiger partial charge on any atom is 0.193 e. The van der Waals surface area contributed by atoms with Crippen LogP contribution in [0.15, 0.2) is 47.5 Å². The SMILES string of the molecule is COCc1cccc(CN=C(N)Nc2cccc3c2CCCC3)c1.I. The van der Waals surface area contributed by atoms with Crippen molar-refractivity contribution in [2.45, 2.75) is 38.8 Å². The van der Waals surface area contributed by atoms with Gasteiger partial charge in [-0.1, -0.05) is 36.4 Å². The number of methoxy groups -OCH3 is 1. The number of hydrogen-bond donors (Lipinski definition) is 2. The van der Waals surface area contributed by atoms with Crippen LogP contribution in [0.1, 0.15) is 35.1 Å². The quantitative estimate of drug-likeness (QED) is 0.406. The van der Waals surface area contributed by atoms with Gasteiger partial charge in [0, 0.05) is 12.8 Å². The molecule has 0 saturated heterocycles. The van der Waals surface area contributed by atoms with E-state index in [4.69, 9.17) is 10.5 Å². The number of aryl methyl sites for hydroxylation is 1. The van der Waals surface area contributed by atoms with Crippen molar-refractivity contribution in [2.75, 3.05) is 12.4 Å². The Morgan fingerprint density at radius 1 is 1.12 bits per heavy atom. The van der Waals surface area contributed by atoms with Gasteiger partial charge in [-0.2, -0.15) is 0 Å². The van der Waals surface area contributed by atoms with Crippen LogP contribution < -0.4 is 11.1 Å². The first-order valence-corrected chi connectivity index (χ1v) is 8.51. The molecule has 3 N–H and O–H groups in total. The first-order valence-electron chi connectivity index (χ1n) is 8.51. The molecule has 2 aromatic carbocycles. The van der Waals surface area contributed by atoms with E-state index in [-0.39, 0.29) is 24.0 Å². The van der Waals surface area contributed by atoms with Crippen LogP contribution in [0.5, 0.6) is 0 Å². The topological polar surface area (TPSA) is 59.6 Å². The third kappa shape index (κ3) is 5.44. The van der Waals surface area contributed by atoms with Crippen molar-refractivity contribution in [2.24, 2.45) is 10.7 Å². The van der Waals surface area contributed by atoms with Gasteiger partial charge in [-0.15, -0.1) is 24.0 Å². The Balaban J connectivity index is 0.00000225. The van der Waals surface area contributed by atoms with Gasteiger partial charge in [-0.05, 0) is 54.0 Å². The number of aliphatic imine (C=N–C) groups is 1. The third-order valence-corrected chi connectivity index (χ3v) is 4.39. The number of anilines is 1. The van der Waals surface area contributed by atoms with Crippen molar-refractivity contribution in [1.29, 1.82) is 0 Å². The number of halogens is 1. The highest BCUT2D eigenvalue weighted by atomic mass is 127. The summed E-state index contributed by atoms with van der Waals surface area (Å²) in [4.78, 5) is 4.48. The van der Waals surface area contributed by atoms with Crippen molar-refractivity contribution in [3.8, 4) is 0 Å². The molecule has 0 aliphatic heterocycles. The number of nitrogens with two attached hydrogens (primary N) is 1. The molecule has 1 aliphatic carbocycles. The van der Waals surface area contributed by atoms with Crippen molar-refractivity contribution >= 4 is 35.6 Å². The van der Waals surface area contributed by atoms with Crippen molar-refractivity contribution < 1.29 is 4.74 Å². The van der Waals surface area contributed by atoms with Gasteiger partial charge in [-0.3, -0.25) is 0 Å². The monoisotopic (exact) mass is 451 g/mol. The van der Waals surface area contributed by atoms with E-state index >= 15 is 0 Å². The summed E-state index contributed by atoms with van der Waals surface area (Å²) in [6, 6.07) is 14.6. The molecule has 2 aromatic rings. The van der Waals surface area contributed by atoms with E-state index in [9.17, 15) is 0 Å². The maximum atomic E-state index is 6.10. The van der Waals surface area contributed by atoms with Crippen LogP contribution in [0.2, 0.25) is 0 Å². The molecule has 0 atom stereocenters. The summed E-state index contributed by atoms with van der Waals surface area (Å²) in [7, 11) is 1.70. The standard InChI is InChI=1S/C20H25N3O.HI/c1-24-14-16-7-4-6-15(12-16)13-22-20(21)23-19-11-5-9-17-8-2-3-10-18(17)19;/h4-7,9,11-12H,2-3,8,10,13-14H2,1H3,(H3,21,22,23);1H. The van der Waals surface area contributed by atoms with Crippen LogP contribution >= 0.6 is 24.0 Å². The van der Waals surface area contributed by atoms with Crippen LogP contribution in [-0.2, 0) is 30.7 Å². The Morgan fingerprint density at radius 3 is 2.72 bits per heavy atom. The normalized spacial score (nSPS) is 13.7. The zero-order valence-corrected chi connectivity index (χ0v) is 17.0. The van der Waals surface area contributed by atoms with Crippen molar-refractivity contribution in [3.05, 3.63) is 64.7 Å². The number of benzene rings is 2. The van der Waals surface area contributed by atoms with Gasteiger partial charge in [0.25, 0.3) is 0 Å². The van der Waals surface area contributed by atoms with E-state index in [2.05, 4.69) is 46.7 Å². The first kappa shape index (κ1) is 19.7. The highest BCUT2D eigenvalue weighted by molar-refractivity contribution is 14.0. The van der Waals surface area contributed by atoms with Crippen LogP contribution in [0.3, 0.4) is 0 Å². The van der Waals surface area contributed by atoms with Crippen molar-refractivity contribution in [1.82, 2.24) is 0 Å². The smallest absolute Gasteiger partial charge is 0.193 e. The van der Waals surface area contributed by atoms with Gasteiger partial charge >= 0.3 is 0 Å². The van der Waals surface area contributed by atoms with E-state index in [1.54, 1.807) is 7.11 Å². The van der Waals surface area contributed by atoms with E-state index in [1.165, 1.54) is 24.0 Å². The molecule has 5 heteroatoms. The van der Waals surface area contributed by atoms with Gasteiger partial charge in [0.2, 0.25) is 0 Å². The lowest BCUT2D eigenvalue weighted by atomic mass is 9.90. The number of hydrogen-bond acceptors (Lipinski definition) is 2. The molecule has 4 nitrogen and oxygen atoms in total. The number of nitrogens with zero attached hydrogens (tertiary/aromatic N) is 1. The number of nitrogens with one attached hydrogen (secondary N) is 1. The van der Waals surface area contributed by atoms with Crippen LogP contribution in [0.25, 0.3) is 0 Å². The average molecular weight is 451 g/mol. The number of fused-ring (bicyclic) bond motifs is 1. The second-order valence-corrected chi connectivity index (χ2v) is 6.23. The molecule has 0 amide bonds. The molecule has 25 heavy (non-hydrogen) atoms. The van der Waals surface area contributed by atoms with Gasteiger partial charge < -0.3 is 15.8 Å². The fourth-order valence-corrected chi connectivity index (χ4v) is 3.24. The first-order chi connectivity index (χ1) is 11.8. The highest BCUT2D eigenvalue weighted by Crippen LogP contribution is 2.27. The molecule has 0 saturated carbocycles. The molecule has 0 radical (unpaired) electrons. The summed E-state index contributed by atoms with van der Waals surface area (Å²) in [5.74, 6) is 0.464. The lowest BCUT2D eigenvalue weighted by Gasteiger charge is -2.19. The van der Waals surface area contributed by atoms with E-state index in [0.29, 0.717) is 19.1 Å². The molecule has 0 bridgehead atoms. The predicted molar refractivity (Wildman–Crippen MR) is 115 cm³/mol. The number of ether oxygens (including phenoxy) is 1. The Morgan fingerprint density at radius 2 is 1.88 bits per heavy atom. The lowest BCUT2D eigenvalue weighted by molar-refractivity contribution is 0.185. The second-order valence-electron chi connectivity index (χ2n) is 6.23. The molecule has 0 heterocycles. The minimum atomic E-state index is 0. The Kier molecular flexibility index (Phi) is 7.71. The average Bonchev–Trinajstić information content (AvgIpc) is 2.61. The molecule has 1 aliphatic rings. The minimum absolute atomic E-state index is 0. The molecule has 0 unspecified atom stereocenters. The van der Waals surface area contributed by atoms with Gasteiger partial charge in [0.15, 0.2) is 5.96 Å². The summed E-state index contributed by atoms with van der Waals surface area (Å²) in [5.41, 5.74) is 12.3. The molecular weight excluding hydrogens is 425 g/mol. The van der Waals surface area contributed by atoms with E-state index in [0.717, 1.165) is 29.7 Å². The molecule has 3 rings (SSSR count). The highest BCUT2D eigenvalue weighted by Gasteiger charge is 2.13. The molecule has 0 spiro atoms. The fraction of sp³-hybridized carbons (Fsp3) is 0.350. The van der Waals surface area contributed by atoms with Gasteiger partial charge in [-0.25, -0.2) is 4.99 Å². The maximum absolute atomic E-state index is 6.10. The minimum Gasteiger partial charge on any atom is -0.380 e. The Labute approximate surface area is 166 Å². The van der Waals surface area contributed by atoms with E-state index < -0.39 is 0 Å². The summed E-state index contributed by atoms with van der Waals surface area (Å²) in [6.45, 7) is 1.17.